The van der Waals surface area contributed by atoms with Gasteiger partial charge in [0, 0.05) is 12.1 Å². The Bertz CT molecular complexity index is 341. The Hall–Kier alpha value is -1.39. The summed E-state index contributed by atoms with van der Waals surface area (Å²) in [4.78, 5) is 11.9. The molecule has 2 rings (SSSR count). The molecule has 0 amide bonds. The highest BCUT2D eigenvalue weighted by Crippen LogP contribution is 2.12. The fourth-order valence-electron chi connectivity index (χ4n) is 1.56. The van der Waals surface area contributed by atoms with Crippen molar-refractivity contribution in [2.24, 2.45) is 0 Å². The molecule has 0 saturated carbocycles. The molecule has 1 aliphatic rings. The maximum absolute atomic E-state index is 11.9. The second-order valence-corrected chi connectivity index (χ2v) is 3.49. The monoisotopic (exact) mass is 207 g/mol. The van der Waals surface area contributed by atoms with Crippen LogP contribution in [0.4, 0.5) is 0 Å². The maximum atomic E-state index is 11.9. The van der Waals surface area contributed by atoms with Crippen molar-refractivity contribution in [2.45, 2.75) is 6.04 Å². The van der Waals surface area contributed by atoms with E-state index in [1.54, 1.807) is 12.1 Å². The van der Waals surface area contributed by atoms with Crippen molar-refractivity contribution in [1.82, 2.24) is 5.32 Å². The van der Waals surface area contributed by atoms with Crippen LogP contribution in [0.2, 0.25) is 0 Å². The Morgan fingerprint density at radius 2 is 2.13 bits per heavy atom. The maximum Gasteiger partial charge on any atom is 0.182 e. The van der Waals surface area contributed by atoms with E-state index in [2.05, 4.69) is 5.32 Å². The molecule has 1 fully saturated rings. The van der Waals surface area contributed by atoms with E-state index in [4.69, 9.17) is 9.84 Å². The minimum Gasteiger partial charge on any atom is -0.508 e. The smallest absolute Gasteiger partial charge is 0.182 e. The Morgan fingerprint density at radius 1 is 1.40 bits per heavy atom. The number of hydrogen-bond donors (Lipinski definition) is 2. The first-order valence-corrected chi connectivity index (χ1v) is 4.92. The van der Waals surface area contributed by atoms with E-state index in [0.717, 1.165) is 0 Å². The van der Waals surface area contributed by atoms with Crippen LogP contribution < -0.4 is 5.32 Å². The van der Waals surface area contributed by atoms with Gasteiger partial charge in [-0.2, -0.15) is 0 Å². The second kappa shape index (κ2) is 4.42. The molecule has 0 spiro atoms. The van der Waals surface area contributed by atoms with E-state index < -0.39 is 0 Å². The second-order valence-electron chi connectivity index (χ2n) is 3.49. The summed E-state index contributed by atoms with van der Waals surface area (Å²) < 4.78 is 5.22. The number of phenolic OH excluding ortho intramolecular Hbond substituents is 1. The molecule has 2 N–H and O–H groups in total. The quantitative estimate of drug-likeness (QED) is 0.696. The van der Waals surface area contributed by atoms with Crippen LogP contribution in [0, 0.1) is 0 Å². The lowest BCUT2D eigenvalue weighted by atomic mass is 10.0. The molecule has 1 saturated heterocycles. The van der Waals surface area contributed by atoms with Gasteiger partial charge in [0.25, 0.3) is 0 Å². The number of ether oxygens (including phenoxy) is 1. The molecule has 1 aliphatic heterocycles. The minimum atomic E-state index is -0.261. The fourth-order valence-corrected chi connectivity index (χ4v) is 1.56. The van der Waals surface area contributed by atoms with Crippen molar-refractivity contribution in [1.29, 1.82) is 0 Å². The van der Waals surface area contributed by atoms with Crippen LogP contribution in [0.5, 0.6) is 5.75 Å². The van der Waals surface area contributed by atoms with Crippen LogP contribution in [-0.2, 0) is 4.74 Å². The van der Waals surface area contributed by atoms with E-state index in [9.17, 15) is 4.79 Å². The molecule has 1 unspecified atom stereocenters. The van der Waals surface area contributed by atoms with Crippen molar-refractivity contribution in [2.75, 3.05) is 19.8 Å². The lowest BCUT2D eigenvalue weighted by molar-refractivity contribution is 0.0607. The third-order valence-electron chi connectivity index (χ3n) is 2.39. The molecule has 1 aromatic carbocycles. The van der Waals surface area contributed by atoms with Crippen LogP contribution in [0.1, 0.15) is 10.4 Å². The van der Waals surface area contributed by atoms with E-state index in [1.165, 1.54) is 12.1 Å². The highest BCUT2D eigenvalue weighted by Gasteiger charge is 2.22. The molecule has 4 heteroatoms. The molecule has 0 bridgehead atoms. The van der Waals surface area contributed by atoms with Crippen LogP contribution >= 0.6 is 0 Å². The van der Waals surface area contributed by atoms with Crippen LogP contribution in [0.15, 0.2) is 24.3 Å². The van der Waals surface area contributed by atoms with Crippen molar-refractivity contribution in [3.63, 3.8) is 0 Å². The Labute approximate surface area is 87.9 Å². The third-order valence-corrected chi connectivity index (χ3v) is 2.39. The average Bonchev–Trinajstić information content (AvgIpc) is 2.30. The SMILES string of the molecule is O=C(c1ccc(O)cc1)C1COCCN1. The summed E-state index contributed by atoms with van der Waals surface area (Å²) in [5.74, 6) is 0.175. The number of ketones is 1. The lowest BCUT2D eigenvalue weighted by Crippen LogP contribution is -2.46. The Kier molecular flexibility index (Phi) is 2.99. The summed E-state index contributed by atoms with van der Waals surface area (Å²) >= 11 is 0. The number of benzene rings is 1. The molecule has 15 heavy (non-hydrogen) atoms. The molecule has 0 aliphatic carbocycles. The van der Waals surface area contributed by atoms with Gasteiger partial charge in [0.1, 0.15) is 5.75 Å². The van der Waals surface area contributed by atoms with Gasteiger partial charge < -0.3 is 15.2 Å². The zero-order chi connectivity index (χ0) is 10.7. The zero-order valence-corrected chi connectivity index (χ0v) is 8.27. The van der Waals surface area contributed by atoms with Gasteiger partial charge in [-0.05, 0) is 24.3 Å². The van der Waals surface area contributed by atoms with Crippen LogP contribution in [-0.4, -0.2) is 36.7 Å². The summed E-state index contributed by atoms with van der Waals surface area (Å²) in [5, 5.41) is 12.2. The zero-order valence-electron chi connectivity index (χ0n) is 8.27. The lowest BCUT2D eigenvalue weighted by Gasteiger charge is -2.22. The number of carbonyl (C=O) groups excluding carboxylic acids is 1. The number of phenols is 1. The predicted octanol–water partition coefficient (Wildman–Crippen LogP) is 0.563. The molecule has 80 valence electrons. The van der Waals surface area contributed by atoms with Gasteiger partial charge in [-0.25, -0.2) is 0 Å². The van der Waals surface area contributed by atoms with E-state index in [-0.39, 0.29) is 17.6 Å². The van der Waals surface area contributed by atoms with Gasteiger partial charge >= 0.3 is 0 Å². The number of hydrogen-bond acceptors (Lipinski definition) is 4. The van der Waals surface area contributed by atoms with Crippen molar-refractivity contribution in [3.05, 3.63) is 29.8 Å². The molecular formula is C11H13NO3. The number of Topliss-reactive ketones (excluding diaryl/α,β-unsaturated/α-hetero) is 1. The first-order valence-electron chi connectivity index (χ1n) is 4.92. The molecule has 0 aromatic heterocycles. The van der Waals surface area contributed by atoms with E-state index in [1.807, 2.05) is 0 Å². The third kappa shape index (κ3) is 2.34. The number of aromatic hydroxyl groups is 1. The number of morpholine rings is 1. The standard InChI is InChI=1S/C11H13NO3/c13-9-3-1-8(2-4-9)11(14)10-7-15-6-5-12-10/h1-4,10,12-13H,5-7H2. The van der Waals surface area contributed by atoms with Gasteiger partial charge in [-0.1, -0.05) is 0 Å². The van der Waals surface area contributed by atoms with Crippen LogP contribution in [0.3, 0.4) is 0 Å². The Balaban J connectivity index is 2.09. The average molecular weight is 207 g/mol. The summed E-state index contributed by atoms with van der Waals surface area (Å²) in [7, 11) is 0. The highest BCUT2D eigenvalue weighted by molar-refractivity contribution is 6.00. The molecular weight excluding hydrogens is 194 g/mol. The largest absolute Gasteiger partial charge is 0.508 e. The van der Waals surface area contributed by atoms with Gasteiger partial charge in [-0.15, -0.1) is 0 Å². The fraction of sp³-hybridized carbons (Fsp3) is 0.364. The van der Waals surface area contributed by atoms with Crippen molar-refractivity contribution < 1.29 is 14.6 Å². The molecule has 1 heterocycles. The molecule has 4 nitrogen and oxygen atoms in total. The summed E-state index contributed by atoms with van der Waals surface area (Å²) in [6, 6.07) is 6.00. The molecule has 0 radical (unpaired) electrons. The first-order chi connectivity index (χ1) is 7.27. The summed E-state index contributed by atoms with van der Waals surface area (Å²) in [5.41, 5.74) is 0.593. The molecule has 1 aromatic rings. The number of carbonyl (C=O) groups is 1. The Morgan fingerprint density at radius 3 is 2.73 bits per heavy atom. The predicted molar refractivity (Wildman–Crippen MR) is 55.0 cm³/mol. The molecule has 1 atom stereocenters. The number of rotatable bonds is 2. The van der Waals surface area contributed by atoms with Crippen LogP contribution in [0.25, 0.3) is 0 Å². The van der Waals surface area contributed by atoms with Crippen molar-refractivity contribution >= 4 is 5.78 Å². The topological polar surface area (TPSA) is 58.6 Å². The van der Waals surface area contributed by atoms with E-state index in [0.29, 0.717) is 25.3 Å². The van der Waals surface area contributed by atoms with E-state index >= 15 is 0 Å². The summed E-state index contributed by atoms with van der Waals surface area (Å²) in [6.45, 7) is 1.77. The highest BCUT2D eigenvalue weighted by atomic mass is 16.5. The normalized spacial score (nSPS) is 21.2. The van der Waals surface area contributed by atoms with Gasteiger partial charge in [0.05, 0.1) is 19.3 Å². The van der Waals surface area contributed by atoms with Gasteiger partial charge in [0.15, 0.2) is 5.78 Å². The number of nitrogens with one attached hydrogen (secondary N) is 1. The first kappa shape index (κ1) is 10.1. The minimum absolute atomic E-state index is 0.00898. The van der Waals surface area contributed by atoms with Crippen molar-refractivity contribution in [3.8, 4) is 5.75 Å². The van der Waals surface area contributed by atoms with Gasteiger partial charge in [0.2, 0.25) is 0 Å². The van der Waals surface area contributed by atoms with Gasteiger partial charge in [-0.3, -0.25) is 4.79 Å². The summed E-state index contributed by atoms with van der Waals surface area (Å²) in [6.07, 6.45) is 0.